The lowest BCUT2D eigenvalue weighted by molar-refractivity contribution is 0.0593. The Morgan fingerprint density at radius 3 is 2.64 bits per heavy atom. The van der Waals surface area contributed by atoms with Crippen LogP contribution >= 0.6 is 11.6 Å². The molecule has 28 heavy (non-hydrogen) atoms. The Morgan fingerprint density at radius 1 is 1.21 bits per heavy atom. The van der Waals surface area contributed by atoms with Crippen molar-refractivity contribution < 1.29 is 14.3 Å². The summed E-state index contributed by atoms with van der Waals surface area (Å²) < 4.78 is 6.22. The van der Waals surface area contributed by atoms with E-state index in [4.69, 9.17) is 22.1 Å². The molecule has 0 radical (unpaired) electrons. The first kappa shape index (κ1) is 19.0. The highest BCUT2D eigenvalue weighted by atomic mass is 35.5. The highest BCUT2D eigenvalue weighted by molar-refractivity contribution is 6.34. The summed E-state index contributed by atoms with van der Waals surface area (Å²) in [5, 5.41) is 12.3. The third-order valence-electron chi connectivity index (χ3n) is 4.04. The van der Waals surface area contributed by atoms with Gasteiger partial charge in [-0.05, 0) is 30.3 Å². The number of hydrogen-bond acceptors (Lipinski definition) is 5. The lowest BCUT2D eigenvalue weighted by Gasteiger charge is -2.11. The Labute approximate surface area is 165 Å². The average molecular weight is 395 g/mol. The fraction of sp³-hybridized carbons (Fsp3) is 0.0500. The number of rotatable bonds is 4. The highest BCUT2D eigenvalue weighted by Crippen LogP contribution is 2.26. The maximum Gasteiger partial charge on any atom is 0.357 e. The molecule has 3 N–H and O–H groups in total. The fourth-order valence-corrected chi connectivity index (χ4v) is 2.92. The Hall–Kier alpha value is -3.76. The smallest absolute Gasteiger partial charge is 0.357 e. The molecule has 0 bridgehead atoms. The summed E-state index contributed by atoms with van der Waals surface area (Å²) in [6.45, 7) is 0. The number of benzene rings is 2. The maximum absolute atomic E-state index is 12.5. The largest absolute Gasteiger partial charge is 0.464 e. The Bertz CT molecular complexity index is 1110. The van der Waals surface area contributed by atoms with Crippen molar-refractivity contribution in [3.8, 4) is 11.8 Å². The normalized spacial score (nSPS) is 10.2. The van der Waals surface area contributed by atoms with Gasteiger partial charge in [-0.25, -0.2) is 4.79 Å². The number of hydrogen-bond donors (Lipinski definition) is 2. The number of ether oxygens (including phenoxy) is 1. The number of carbonyl (C=O) groups excluding carboxylic acids is 2. The molecule has 0 spiro atoms. The predicted octanol–water partition coefficient (Wildman–Crippen LogP) is 3.62. The summed E-state index contributed by atoms with van der Waals surface area (Å²) in [5.74, 6) is -1.05. The van der Waals surface area contributed by atoms with Gasteiger partial charge in [0.2, 0.25) is 0 Å². The number of esters is 1. The van der Waals surface area contributed by atoms with Crippen molar-refractivity contribution in [1.82, 2.24) is 4.57 Å². The van der Waals surface area contributed by atoms with Crippen molar-refractivity contribution in [2.45, 2.75) is 0 Å². The number of nitrogens with one attached hydrogen (secondary N) is 1. The molecule has 0 fully saturated rings. The Balaban J connectivity index is 1.99. The van der Waals surface area contributed by atoms with Crippen LogP contribution in [-0.2, 0) is 4.74 Å². The van der Waals surface area contributed by atoms with Gasteiger partial charge in [0.25, 0.3) is 5.91 Å². The molecule has 1 heterocycles. The van der Waals surface area contributed by atoms with E-state index in [1.54, 1.807) is 48.5 Å². The highest BCUT2D eigenvalue weighted by Gasteiger charge is 2.22. The monoisotopic (exact) mass is 394 g/mol. The molecule has 7 nitrogen and oxygen atoms in total. The summed E-state index contributed by atoms with van der Waals surface area (Å²) >= 11 is 6.06. The molecule has 0 aliphatic carbocycles. The van der Waals surface area contributed by atoms with Gasteiger partial charge in [0.15, 0.2) is 5.69 Å². The van der Waals surface area contributed by atoms with Crippen LogP contribution in [0.25, 0.3) is 5.69 Å². The SMILES string of the molecule is COC(=O)c1c(N)c(C#N)cn1-c1cccc(NC(=O)c2ccccc2Cl)c1. The molecule has 140 valence electrons. The van der Waals surface area contributed by atoms with E-state index in [1.807, 2.05) is 6.07 Å². The molecule has 0 atom stereocenters. The van der Waals surface area contributed by atoms with Gasteiger partial charge < -0.3 is 20.4 Å². The van der Waals surface area contributed by atoms with Gasteiger partial charge in [0.1, 0.15) is 6.07 Å². The van der Waals surface area contributed by atoms with Crippen molar-refractivity contribution in [3.05, 3.63) is 76.6 Å². The van der Waals surface area contributed by atoms with Crippen LogP contribution in [0.2, 0.25) is 5.02 Å². The number of nitrogens with zero attached hydrogens (tertiary/aromatic N) is 2. The number of anilines is 2. The Morgan fingerprint density at radius 2 is 1.96 bits per heavy atom. The van der Waals surface area contributed by atoms with E-state index in [-0.39, 0.29) is 22.9 Å². The number of methoxy groups -OCH3 is 1. The zero-order valence-corrected chi connectivity index (χ0v) is 15.5. The number of aromatic nitrogens is 1. The quantitative estimate of drug-likeness (QED) is 0.656. The number of nitriles is 1. The average Bonchev–Trinajstić information content (AvgIpc) is 3.04. The molecular weight excluding hydrogens is 380 g/mol. The van der Waals surface area contributed by atoms with E-state index in [2.05, 4.69) is 5.32 Å². The van der Waals surface area contributed by atoms with Gasteiger partial charge in [0.05, 0.1) is 28.9 Å². The zero-order valence-electron chi connectivity index (χ0n) is 14.8. The topological polar surface area (TPSA) is 110 Å². The standard InChI is InChI=1S/C20H15ClN4O3/c1-28-20(27)18-17(23)12(10-22)11-25(18)14-6-4-5-13(9-14)24-19(26)15-7-2-3-8-16(15)21/h2-9,11H,23H2,1H3,(H,24,26). The summed E-state index contributed by atoms with van der Waals surface area (Å²) in [4.78, 5) is 24.6. The number of carbonyl (C=O) groups is 2. The minimum atomic E-state index is -0.676. The molecule has 0 unspecified atom stereocenters. The van der Waals surface area contributed by atoms with Crippen molar-refractivity contribution >= 4 is 34.9 Å². The summed E-state index contributed by atoms with van der Waals surface area (Å²) in [7, 11) is 1.23. The second-order valence-electron chi connectivity index (χ2n) is 5.76. The van der Waals surface area contributed by atoms with E-state index in [0.29, 0.717) is 22.0 Å². The van der Waals surface area contributed by atoms with Gasteiger partial charge in [0, 0.05) is 17.6 Å². The maximum atomic E-state index is 12.5. The van der Waals surface area contributed by atoms with Crippen LogP contribution in [0.15, 0.2) is 54.7 Å². The van der Waals surface area contributed by atoms with Crippen molar-refractivity contribution in [3.63, 3.8) is 0 Å². The number of amides is 1. The lowest BCUT2D eigenvalue weighted by Crippen LogP contribution is -2.13. The molecule has 3 aromatic rings. The molecular formula is C20H15ClN4O3. The molecule has 8 heteroatoms. The van der Waals surface area contributed by atoms with Gasteiger partial charge in [-0.15, -0.1) is 0 Å². The lowest BCUT2D eigenvalue weighted by atomic mass is 10.2. The van der Waals surface area contributed by atoms with Gasteiger partial charge >= 0.3 is 5.97 Å². The van der Waals surface area contributed by atoms with Gasteiger partial charge in [-0.3, -0.25) is 4.79 Å². The van der Waals surface area contributed by atoms with Crippen molar-refractivity contribution in [2.24, 2.45) is 0 Å². The van der Waals surface area contributed by atoms with Crippen LogP contribution in [0.4, 0.5) is 11.4 Å². The number of nitrogen functional groups attached to an aromatic ring is 1. The van der Waals surface area contributed by atoms with E-state index >= 15 is 0 Å². The van der Waals surface area contributed by atoms with E-state index in [9.17, 15) is 14.9 Å². The van der Waals surface area contributed by atoms with Crippen LogP contribution in [-0.4, -0.2) is 23.6 Å². The van der Waals surface area contributed by atoms with E-state index < -0.39 is 5.97 Å². The first-order valence-corrected chi connectivity index (χ1v) is 8.49. The molecule has 0 saturated heterocycles. The minimum Gasteiger partial charge on any atom is -0.464 e. The van der Waals surface area contributed by atoms with Crippen LogP contribution in [0.3, 0.4) is 0 Å². The van der Waals surface area contributed by atoms with E-state index in [0.717, 1.165) is 0 Å². The third-order valence-corrected chi connectivity index (χ3v) is 4.37. The molecule has 0 aliphatic heterocycles. The first-order chi connectivity index (χ1) is 13.5. The number of halogens is 1. The second kappa shape index (κ2) is 7.86. The van der Waals surface area contributed by atoms with Gasteiger partial charge in [-0.2, -0.15) is 5.26 Å². The zero-order chi connectivity index (χ0) is 20.3. The molecule has 2 aromatic carbocycles. The van der Waals surface area contributed by atoms with Crippen LogP contribution < -0.4 is 11.1 Å². The van der Waals surface area contributed by atoms with Crippen molar-refractivity contribution in [2.75, 3.05) is 18.2 Å². The fourth-order valence-electron chi connectivity index (χ4n) is 2.70. The van der Waals surface area contributed by atoms with Crippen molar-refractivity contribution in [1.29, 1.82) is 5.26 Å². The van der Waals surface area contributed by atoms with Gasteiger partial charge in [-0.1, -0.05) is 29.8 Å². The molecule has 0 aliphatic rings. The summed E-state index contributed by atoms with van der Waals surface area (Å²) in [6.07, 6.45) is 1.44. The first-order valence-electron chi connectivity index (χ1n) is 8.11. The number of nitrogens with two attached hydrogens (primary N) is 1. The molecule has 1 aromatic heterocycles. The second-order valence-corrected chi connectivity index (χ2v) is 6.17. The van der Waals surface area contributed by atoms with Crippen LogP contribution in [0.1, 0.15) is 26.4 Å². The molecule has 1 amide bonds. The summed E-state index contributed by atoms with van der Waals surface area (Å²) in [6, 6.07) is 15.4. The summed E-state index contributed by atoms with van der Waals surface area (Å²) in [5.41, 5.74) is 7.45. The van der Waals surface area contributed by atoms with Crippen LogP contribution in [0, 0.1) is 11.3 Å². The third kappa shape index (κ3) is 3.54. The predicted molar refractivity (Wildman–Crippen MR) is 106 cm³/mol. The Kier molecular flexibility index (Phi) is 5.34. The van der Waals surface area contributed by atoms with E-state index in [1.165, 1.54) is 17.9 Å². The minimum absolute atomic E-state index is 0.0276. The molecule has 0 saturated carbocycles. The molecule has 3 rings (SSSR count). The van der Waals surface area contributed by atoms with Crippen LogP contribution in [0.5, 0.6) is 0 Å².